The number of rotatable bonds is 6. The smallest absolute Gasteiger partial charge is 0.119 e. The summed E-state index contributed by atoms with van der Waals surface area (Å²) in [5, 5.41) is 0. The van der Waals surface area contributed by atoms with Crippen molar-refractivity contribution in [3.63, 3.8) is 0 Å². The number of aryl methyl sites for hydroxylation is 1. The third-order valence-corrected chi connectivity index (χ3v) is 5.60. The third-order valence-electron chi connectivity index (χ3n) is 5.60. The maximum Gasteiger partial charge on any atom is 0.119 e. The summed E-state index contributed by atoms with van der Waals surface area (Å²) in [6.45, 7) is 4.93. The molecule has 1 heteroatoms. The number of hydrogen-bond donors (Lipinski definition) is 0. The van der Waals surface area contributed by atoms with Crippen LogP contribution in [0.5, 0.6) is 5.75 Å². The minimum absolute atomic E-state index is 0.672. The highest BCUT2D eigenvalue weighted by atomic mass is 16.5. The molecule has 0 radical (unpaired) electrons. The summed E-state index contributed by atoms with van der Waals surface area (Å²) < 4.78 is 5.46. The molecule has 0 saturated heterocycles. The zero-order valence-electron chi connectivity index (χ0n) is 17.3. The van der Waals surface area contributed by atoms with E-state index in [1.165, 1.54) is 49.7 Å². The largest absolute Gasteiger partial charge is 0.494 e. The van der Waals surface area contributed by atoms with Crippen molar-refractivity contribution in [2.75, 3.05) is 6.61 Å². The molecule has 0 amide bonds. The Hall–Kier alpha value is -2.46. The van der Waals surface area contributed by atoms with E-state index in [0.29, 0.717) is 12.5 Å². The Labute approximate surface area is 170 Å². The lowest BCUT2D eigenvalue weighted by atomic mass is 9.78. The second kappa shape index (κ2) is 10.8. The van der Waals surface area contributed by atoms with Crippen LogP contribution in [0.1, 0.15) is 68.6 Å². The molecular weight excluding hydrogens is 340 g/mol. The van der Waals surface area contributed by atoms with Crippen LogP contribution in [0, 0.1) is 17.8 Å². The van der Waals surface area contributed by atoms with Crippen molar-refractivity contribution in [3.05, 3.63) is 77.4 Å². The van der Waals surface area contributed by atoms with Gasteiger partial charge in [0.25, 0.3) is 0 Å². The summed E-state index contributed by atoms with van der Waals surface area (Å²) in [6, 6.07) is 17.3. The molecule has 3 rings (SSSR count). The van der Waals surface area contributed by atoms with Crippen molar-refractivity contribution < 1.29 is 4.74 Å². The van der Waals surface area contributed by atoms with Gasteiger partial charge in [-0.3, -0.25) is 0 Å². The Kier molecular flexibility index (Phi) is 7.80. The first-order valence-corrected chi connectivity index (χ1v) is 10.8. The van der Waals surface area contributed by atoms with Crippen molar-refractivity contribution in [1.29, 1.82) is 0 Å². The fourth-order valence-electron chi connectivity index (χ4n) is 4.00. The lowest BCUT2D eigenvalue weighted by molar-refractivity contribution is 0.340. The maximum absolute atomic E-state index is 5.46. The minimum Gasteiger partial charge on any atom is -0.494 e. The van der Waals surface area contributed by atoms with Crippen LogP contribution in [0.2, 0.25) is 0 Å². The highest BCUT2D eigenvalue weighted by Crippen LogP contribution is 2.36. The van der Waals surface area contributed by atoms with Gasteiger partial charge in [0.2, 0.25) is 0 Å². The van der Waals surface area contributed by atoms with Crippen molar-refractivity contribution in [3.8, 4) is 17.6 Å². The molecule has 1 saturated carbocycles. The van der Waals surface area contributed by atoms with Gasteiger partial charge >= 0.3 is 0 Å². The zero-order chi connectivity index (χ0) is 19.6. The van der Waals surface area contributed by atoms with Crippen LogP contribution in [0.3, 0.4) is 0 Å². The fourth-order valence-corrected chi connectivity index (χ4v) is 4.00. The van der Waals surface area contributed by atoms with Crippen LogP contribution < -0.4 is 4.74 Å². The molecule has 0 heterocycles. The van der Waals surface area contributed by atoms with Crippen molar-refractivity contribution in [1.82, 2.24) is 0 Å². The molecule has 0 N–H and O–H groups in total. The SMILES string of the molecule is CCCc1ccc(C2CCC(/C=C/C#Cc3ccc(OCC)cc3)CC2)cc1. The lowest BCUT2D eigenvalue weighted by Gasteiger charge is -2.27. The zero-order valence-corrected chi connectivity index (χ0v) is 17.3. The molecule has 28 heavy (non-hydrogen) atoms. The molecule has 0 atom stereocenters. The number of ether oxygens (including phenoxy) is 1. The first-order valence-electron chi connectivity index (χ1n) is 10.8. The highest BCUT2D eigenvalue weighted by Gasteiger charge is 2.20. The summed E-state index contributed by atoms with van der Waals surface area (Å²) in [4.78, 5) is 0. The summed E-state index contributed by atoms with van der Waals surface area (Å²) in [6.07, 6.45) is 11.9. The van der Waals surface area contributed by atoms with Gasteiger partial charge in [-0.25, -0.2) is 0 Å². The van der Waals surface area contributed by atoms with E-state index in [0.717, 1.165) is 17.2 Å². The van der Waals surface area contributed by atoms with Crippen LogP contribution in [-0.2, 0) is 6.42 Å². The normalized spacial score (nSPS) is 19.2. The Morgan fingerprint density at radius 3 is 2.29 bits per heavy atom. The van der Waals surface area contributed by atoms with E-state index in [-0.39, 0.29) is 0 Å². The summed E-state index contributed by atoms with van der Waals surface area (Å²) >= 11 is 0. The molecule has 1 nitrogen and oxygen atoms in total. The average molecular weight is 373 g/mol. The van der Waals surface area contributed by atoms with Gasteiger partial charge in [0.05, 0.1) is 6.61 Å². The Bertz CT molecular complexity index is 794. The van der Waals surface area contributed by atoms with Crippen molar-refractivity contribution >= 4 is 0 Å². The Morgan fingerprint density at radius 2 is 1.64 bits per heavy atom. The van der Waals surface area contributed by atoms with E-state index in [1.807, 2.05) is 37.3 Å². The maximum atomic E-state index is 5.46. The number of hydrogen-bond acceptors (Lipinski definition) is 1. The molecule has 1 aliphatic carbocycles. The van der Waals surface area contributed by atoms with Gasteiger partial charge in [-0.15, -0.1) is 0 Å². The predicted molar refractivity (Wildman–Crippen MR) is 119 cm³/mol. The van der Waals surface area contributed by atoms with Crippen LogP contribution in [-0.4, -0.2) is 6.61 Å². The number of allylic oxidation sites excluding steroid dienone is 2. The van der Waals surface area contributed by atoms with Crippen LogP contribution >= 0.6 is 0 Å². The minimum atomic E-state index is 0.672. The van der Waals surface area contributed by atoms with Gasteiger partial charge in [0, 0.05) is 5.56 Å². The lowest BCUT2D eigenvalue weighted by Crippen LogP contribution is -2.11. The molecule has 0 aromatic heterocycles. The highest BCUT2D eigenvalue weighted by molar-refractivity contribution is 5.40. The van der Waals surface area contributed by atoms with Crippen molar-refractivity contribution in [2.45, 2.75) is 58.3 Å². The Morgan fingerprint density at radius 1 is 0.929 bits per heavy atom. The molecule has 0 spiro atoms. The van der Waals surface area contributed by atoms with Crippen LogP contribution in [0.15, 0.2) is 60.7 Å². The second-order valence-electron chi connectivity index (χ2n) is 7.69. The average Bonchev–Trinajstić information content (AvgIpc) is 2.74. The summed E-state index contributed by atoms with van der Waals surface area (Å²) in [5.41, 5.74) is 4.02. The molecule has 1 fully saturated rings. The monoisotopic (exact) mass is 372 g/mol. The first-order chi connectivity index (χ1) is 13.8. The van der Waals surface area contributed by atoms with Gasteiger partial charge in [0.1, 0.15) is 5.75 Å². The molecule has 2 aromatic carbocycles. The van der Waals surface area contributed by atoms with E-state index in [2.05, 4.69) is 49.1 Å². The van der Waals surface area contributed by atoms with E-state index in [9.17, 15) is 0 Å². The van der Waals surface area contributed by atoms with E-state index in [4.69, 9.17) is 4.74 Å². The third kappa shape index (κ3) is 6.03. The summed E-state index contributed by atoms with van der Waals surface area (Å²) in [7, 11) is 0. The topological polar surface area (TPSA) is 9.23 Å². The molecule has 146 valence electrons. The molecule has 2 aromatic rings. The molecular formula is C27H32O. The van der Waals surface area contributed by atoms with Gasteiger partial charge in [0.15, 0.2) is 0 Å². The van der Waals surface area contributed by atoms with Gasteiger partial charge in [-0.1, -0.05) is 55.5 Å². The van der Waals surface area contributed by atoms with Crippen LogP contribution in [0.25, 0.3) is 0 Å². The fraction of sp³-hybridized carbons (Fsp3) is 0.407. The first kappa shape index (κ1) is 20.3. The Balaban J connectivity index is 1.46. The van der Waals surface area contributed by atoms with Gasteiger partial charge < -0.3 is 4.74 Å². The standard InChI is InChI=1S/C27H32O/c1-3-7-22-10-16-25(17-11-22)26-18-12-23(13-19-26)8-5-6-9-24-14-20-27(21-15-24)28-4-2/h5,8,10-11,14-17,20-21,23,26H,3-4,7,12-13,18-19H2,1-2H3/b8-5+. The summed E-state index contributed by atoms with van der Waals surface area (Å²) in [5.74, 6) is 8.71. The molecule has 0 bridgehead atoms. The van der Waals surface area contributed by atoms with Crippen molar-refractivity contribution in [2.24, 2.45) is 5.92 Å². The van der Waals surface area contributed by atoms with Crippen LogP contribution in [0.4, 0.5) is 0 Å². The second-order valence-corrected chi connectivity index (χ2v) is 7.69. The predicted octanol–water partition coefficient (Wildman–Crippen LogP) is 6.92. The van der Waals surface area contributed by atoms with Gasteiger partial charge in [-0.05, 0) is 92.3 Å². The molecule has 0 aliphatic heterocycles. The quantitative estimate of drug-likeness (QED) is 0.500. The van der Waals surface area contributed by atoms with E-state index in [1.54, 1.807) is 0 Å². The van der Waals surface area contributed by atoms with Gasteiger partial charge in [-0.2, -0.15) is 0 Å². The van der Waals surface area contributed by atoms with E-state index >= 15 is 0 Å². The van der Waals surface area contributed by atoms with E-state index < -0.39 is 0 Å². The molecule has 0 unspecified atom stereocenters. The number of benzene rings is 2. The molecule has 1 aliphatic rings.